The van der Waals surface area contributed by atoms with E-state index in [0.717, 1.165) is 86.6 Å². The van der Waals surface area contributed by atoms with Crippen molar-refractivity contribution in [2.45, 2.75) is 0 Å². The van der Waals surface area contributed by atoms with Gasteiger partial charge >= 0.3 is 0 Å². The molecule has 0 unspecified atom stereocenters. The molecule has 0 spiro atoms. The van der Waals surface area contributed by atoms with Crippen LogP contribution in [0.25, 0.3) is 166 Å². The van der Waals surface area contributed by atoms with Gasteiger partial charge in [0.25, 0.3) is 0 Å². The van der Waals surface area contributed by atoms with E-state index < -0.39 is 0 Å². The average Bonchev–Trinajstić information content (AvgIpc) is 3.26. The molecule has 15 aromatic rings. The van der Waals surface area contributed by atoms with Crippen LogP contribution in [0.3, 0.4) is 0 Å². The number of aromatic amines is 2. The summed E-state index contributed by atoms with van der Waals surface area (Å²) < 4.78 is 0. The van der Waals surface area contributed by atoms with E-state index in [0.29, 0.717) is 0 Å². The predicted molar refractivity (Wildman–Crippen MR) is 379 cm³/mol. The fourth-order valence-electron chi connectivity index (χ4n) is 10.7. The molecule has 0 fully saturated rings. The summed E-state index contributed by atoms with van der Waals surface area (Å²) in [6, 6.07) is 62.7. The Labute approximate surface area is 530 Å². The SMILES string of the molecule is C1=Cc2nc1c(-c1ccc(-c3ccc(-c4cccs4)s3)s1)c1ccc([nH]1)c(-c1ccc(-c3ccc(-c4cccs4)s3)s1)c1nc(c(-c3ccc(-c4ccc(-c5cccs5)s4)s3)c3ccc([nH]3)c2-c2ccc(-c3ccc(-c4cccs4)s3)s2)C=C1. The molecule has 0 saturated carbocycles. The van der Waals surface area contributed by atoms with Crippen molar-refractivity contribution in [3.8, 4) is 120 Å². The van der Waals surface area contributed by atoms with Gasteiger partial charge in [0.05, 0.1) is 22.8 Å². The molecule has 0 saturated heterocycles. The van der Waals surface area contributed by atoms with E-state index in [-0.39, 0.29) is 0 Å². The molecule has 402 valence electrons. The van der Waals surface area contributed by atoms with Gasteiger partial charge in [-0.1, -0.05) is 24.3 Å². The Morgan fingerprint density at radius 2 is 0.393 bits per heavy atom. The van der Waals surface area contributed by atoms with Crippen molar-refractivity contribution in [1.82, 2.24) is 19.9 Å². The fraction of sp³-hybridized carbons (Fsp3) is 0. The lowest BCUT2D eigenvalue weighted by Crippen LogP contribution is -1.87. The van der Waals surface area contributed by atoms with Crippen molar-refractivity contribution >= 4 is 182 Å². The van der Waals surface area contributed by atoms with E-state index in [1.54, 1.807) is 45.3 Å². The van der Waals surface area contributed by atoms with Crippen LogP contribution < -0.4 is 0 Å². The number of nitrogens with one attached hydrogen (secondary N) is 2. The number of thiophene rings is 12. The highest BCUT2D eigenvalue weighted by Gasteiger charge is 2.23. The van der Waals surface area contributed by atoms with Gasteiger partial charge in [0, 0.05) is 142 Å². The lowest BCUT2D eigenvalue weighted by molar-refractivity contribution is 1.32. The molecular weight excluding hydrogens is 1260 g/mol. The van der Waals surface area contributed by atoms with Gasteiger partial charge in [0.1, 0.15) is 0 Å². The Bertz CT molecular complexity index is 4520. The molecule has 0 radical (unpaired) electrons. The first kappa shape index (κ1) is 51.4. The van der Waals surface area contributed by atoms with E-state index in [1.807, 2.05) is 90.7 Å². The molecule has 4 nitrogen and oxygen atoms in total. The summed E-state index contributed by atoms with van der Waals surface area (Å²) in [5.74, 6) is 0. The van der Waals surface area contributed by atoms with Crippen molar-refractivity contribution in [2.24, 2.45) is 0 Å². The lowest BCUT2D eigenvalue weighted by atomic mass is 10.1. The fourth-order valence-corrected chi connectivity index (χ4v) is 22.8. The topological polar surface area (TPSA) is 57.4 Å². The monoisotopic (exact) mass is 1290 g/mol. The molecule has 0 aliphatic carbocycles. The van der Waals surface area contributed by atoms with E-state index in [4.69, 9.17) is 9.97 Å². The van der Waals surface area contributed by atoms with Crippen LogP contribution in [-0.2, 0) is 0 Å². The predicted octanol–water partition coefficient (Wildman–Crippen LogP) is 25.4. The van der Waals surface area contributed by atoms with Gasteiger partial charge in [0.2, 0.25) is 0 Å². The molecule has 15 aromatic heterocycles. The minimum Gasteiger partial charge on any atom is -0.354 e. The highest BCUT2D eigenvalue weighted by molar-refractivity contribution is 7.29. The molecule has 17 heterocycles. The first-order chi connectivity index (χ1) is 41.5. The van der Waals surface area contributed by atoms with Gasteiger partial charge in [-0.05, 0) is 191 Å². The number of aromatic nitrogens is 4. The largest absolute Gasteiger partial charge is 0.354 e. The molecule has 2 N–H and O–H groups in total. The third kappa shape index (κ3) is 9.40. The molecular formula is C68H38N4S12. The van der Waals surface area contributed by atoms with Crippen LogP contribution in [-0.4, -0.2) is 19.9 Å². The molecule has 0 aromatic carbocycles. The maximum Gasteiger partial charge on any atom is 0.0745 e. The van der Waals surface area contributed by atoms with Crippen LogP contribution in [0.2, 0.25) is 0 Å². The molecule has 2 aliphatic rings. The summed E-state index contributed by atoms with van der Waals surface area (Å²) in [6.45, 7) is 0. The van der Waals surface area contributed by atoms with Crippen molar-refractivity contribution in [2.75, 3.05) is 0 Å². The second-order valence-electron chi connectivity index (χ2n) is 19.7. The van der Waals surface area contributed by atoms with Crippen molar-refractivity contribution in [1.29, 1.82) is 0 Å². The Balaban J connectivity index is 0.895. The van der Waals surface area contributed by atoms with Gasteiger partial charge < -0.3 is 9.97 Å². The zero-order valence-electron chi connectivity index (χ0n) is 43.6. The van der Waals surface area contributed by atoms with Crippen LogP contribution in [0.15, 0.2) is 191 Å². The maximum absolute atomic E-state index is 5.73. The normalized spacial score (nSPS) is 12.2. The third-order valence-corrected chi connectivity index (χ3v) is 28.4. The number of hydrogen-bond donors (Lipinski definition) is 2. The highest BCUT2D eigenvalue weighted by atomic mass is 32.1. The van der Waals surface area contributed by atoms with Gasteiger partial charge in [-0.25, -0.2) is 9.97 Å². The second-order valence-corrected chi connectivity index (χ2v) is 32.2. The number of rotatable bonds is 12. The van der Waals surface area contributed by atoms with Crippen LogP contribution in [0.1, 0.15) is 22.8 Å². The van der Waals surface area contributed by atoms with E-state index in [9.17, 15) is 0 Å². The van der Waals surface area contributed by atoms with E-state index in [1.165, 1.54) is 78.0 Å². The summed E-state index contributed by atoms with van der Waals surface area (Å²) in [5.41, 5.74) is 11.9. The van der Waals surface area contributed by atoms with Crippen molar-refractivity contribution < 1.29 is 0 Å². The molecule has 16 heteroatoms. The maximum atomic E-state index is 5.73. The number of hydrogen-bond acceptors (Lipinski definition) is 14. The zero-order valence-corrected chi connectivity index (χ0v) is 53.4. The smallest absolute Gasteiger partial charge is 0.0745 e. The first-order valence-electron chi connectivity index (χ1n) is 26.7. The number of nitrogens with zero attached hydrogens (tertiary/aromatic N) is 2. The Kier molecular flexibility index (Phi) is 13.2. The van der Waals surface area contributed by atoms with E-state index in [2.05, 4.69) is 226 Å². The van der Waals surface area contributed by atoms with Crippen molar-refractivity contribution in [3.63, 3.8) is 0 Å². The molecule has 8 bridgehead atoms. The van der Waals surface area contributed by atoms with Gasteiger partial charge in [-0.15, -0.1) is 136 Å². The third-order valence-electron chi connectivity index (χ3n) is 14.6. The lowest BCUT2D eigenvalue weighted by Gasteiger charge is -2.04. The van der Waals surface area contributed by atoms with Crippen LogP contribution in [0, 0.1) is 0 Å². The van der Waals surface area contributed by atoms with Crippen LogP contribution in [0.4, 0.5) is 0 Å². The summed E-state index contributed by atoms with van der Waals surface area (Å²) in [5, 5.41) is 8.61. The Morgan fingerprint density at radius 3 is 0.595 bits per heavy atom. The highest BCUT2D eigenvalue weighted by Crippen LogP contribution is 2.50. The molecule has 0 amide bonds. The van der Waals surface area contributed by atoms with Gasteiger partial charge in [-0.3, -0.25) is 0 Å². The molecule has 84 heavy (non-hydrogen) atoms. The average molecular weight is 1300 g/mol. The summed E-state index contributed by atoms with van der Waals surface area (Å²) in [7, 11) is 0. The Hall–Kier alpha value is -7.00. The van der Waals surface area contributed by atoms with E-state index >= 15 is 0 Å². The number of fused-ring (bicyclic) bond motifs is 8. The number of H-pyrrole nitrogens is 2. The minimum absolute atomic E-state index is 0.909. The quantitative estimate of drug-likeness (QED) is 0.128. The minimum atomic E-state index is 0.909. The summed E-state index contributed by atoms with van der Waals surface area (Å²) in [6.07, 6.45) is 8.89. The van der Waals surface area contributed by atoms with Crippen LogP contribution >= 0.6 is 136 Å². The first-order valence-corrected chi connectivity index (χ1v) is 36.7. The molecule has 2 aliphatic heterocycles. The summed E-state index contributed by atoms with van der Waals surface area (Å²) >= 11 is 21.8. The molecule has 0 atom stereocenters. The van der Waals surface area contributed by atoms with Crippen molar-refractivity contribution in [3.05, 3.63) is 214 Å². The second kappa shape index (κ2) is 21.5. The summed E-state index contributed by atoms with van der Waals surface area (Å²) in [4.78, 5) is 44.4. The van der Waals surface area contributed by atoms with Gasteiger partial charge in [0.15, 0.2) is 0 Å². The van der Waals surface area contributed by atoms with Gasteiger partial charge in [-0.2, -0.15) is 0 Å². The zero-order chi connectivity index (χ0) is 55.2. The Morgan fingerprint density at radius 1 is 0.202 bits per heavy atom. The standard InChI is InChI=1S/C68H38N4S12/c1-5-45(73-33-1)49-17-21-53(77-49)57-25-29-61(81-57)65-37-9-11-39(69-37)66(62-30-26-58(82-62)54-22-18-50(78-54)46-6-2-34-74-46)41-13-15-43(71-41)68(64-32-28-60(84-64)56-24-20-52(80-56)48-8-4-36-76-48)44-16-14-42(72-44)67(40-12-10-38(65)70-40)63-31-27-59(83-63)55-23-19-51(79-55)47-7-3-35-75-47/h1-36,69,72H. The van der Waals surface area contributed by atoms with Crippen LogP contribution in [0.5, 0.6) is 0 Å². The molecule has 17 rings (SSSR count).